The van der Waals surface area contributed by atoms with E-state index >= 15 is 0 Å². The van der Waals surface area contributed by atoms with Gasteiger partial charge >= 0.3 is 5.70 Å². The Hall–Kier alpha value is -3.03. The van der Waals surface area contributed by atoms with Crippen LogP contribution in [0.15, 0.2) is 77.6 Å². The van der Waals surface area contributed by atoms with Crippen LogP contribution >= 0.6 is 0 Å². The summed E-state index contributed by atoms with van der Waals surface area (Å²) in [4.78, 5) is 14.9. The van der Waals surface area contributed by atoms with Crippen molar-refractivity contribution in [2.24, 2.45) is 4.99 Å². The third-order valence-corrected chi connectivity index (χ3v) is 4.17. The SMILES string of the molecule is O=[N+]([O-])/C(C=N[C@@H](CO)Cc1ccccc1)=C/N[C@@H](CO)Cc1ccccc1. The molecule has 0 bridgehead atoms. The third-order valence-electron chi connectivity index (χ3n) is 4.17. The van der Waals surface area contributed by atoms with E-state index in [2.05, 4.69) is 10.3 Å². The van der Waals surface area contributed by atoms with Crippen LogP contribution in [-0.4, -0.2) is 46.6 Å². The number of aliphatic hydroxyl groups excluding tert-OH is 2. The van der Waals surface area contributed by atoms with Crippen molar-refractivity contribution in [3.05, 3.63) is 93.8 Å². The molecule has 0 saturated carbocycles. The first-order valence-corrected chi connectivity index (χ1v) is 9.05. The van der Waals surface area contributed by atoms with Crippen LogP contribution in [0.1, 0.15) is 11.1 Å². The molecule has 0 fully saturated rings. The third kappa shape index (κ3) is 7.30. The Bertz CT molecular complexity index is 779. The Morgan fingerprint density at radius 2 is 1.57 bits per heavy atom. The highest BCUT2D eigenvalue weighted by molar-refractivity contribution is 5.75. The molecule has 0 amide bonds. The van der Waals surface area contributed by atoms with Gasteiger partial charge in [0.2, 0.25) is 0 Å². The Morgan fingerprint density at radius 3 is 2.07 bits per heavy atom. The largest absolute Gasteiger partial charge is 0.394 e. The molecule has 148 valence electrons. The van der Waals surface area contributed by atoms with E-state index in [0.29, 0.717) is 12.8 Å². The molecule has 0 spiro atoms. The van der Waals surface area contributed by atoms with E-state index in [1.165, 1.54) is 6.20 Å². The van der Waals surface area contributed by atoms with Gasteiger partial charge in [-0.05, 0) is 24.0 Å². The van der Waals surface area contributed by atoms with Crippen molar-refractivity contribution >= 4 is 6.21 Å². The molecule has 0 aliphatic rings. The number of hydrogen-bond acceptors (Lipinski definition) is 6. The van der Waals surface area contributed by atoms with Gasteiger partial charge in [-0.3, -0.25) is 15.1 Å². The highest BCUT2D eigenvalue weighted by Crippen LogP contribution is 2.07. The fourth-order valence-electron chi connectivity index (χ4n) is 2.65. The zero-order valence-electron chi connectivity index (χ0n) is 15.5. The molecule has 0 heterocycles. The molecule has 7 nitrogen and oxygen atoms in total. The van der Waals surface area contributed by atoms with E-state index in [1.54, 1.807) is 0 Å². The normalized spacial score (nSPS) is 14.0. The maximum atomic E-state index is 11.3. The number of benzene rings is 2. The Morgan fingerprint density at radius 1 is 1.00 bits per heavy atom. The van der Waals surface area contributed by atoms with Crippen molar-refractivity contribution < 1.29 is 15.1 Å². The van der Waals surface area contributed by atoms with E-state index in [1.807, 2.05) is 60.7 Å². The Labute approximate surface area is 164 Å². The second kappa shape index (κ2) is 11.6. The molecule has 3 N–H and O–H groups in total. The summed E-state index contributed by atoms with van der Waals surface area (Å²) in [6.45, 7) is -0.377. The van der Waals surface area contributed by atoms with Crippen molar-refractivity contribution in [1.82, 2.24) is 5.32 Å². The zero-order valence-corrected chi connectivity index (χ0v) is 15.5. The lowest BCUT2D eigenvalue weighted by atomic mass is 10.1. The average molecular weight is 383 g/mol. The molecule has 7 heteroatoms. The van der Waals surface area contributed by atoms with Gasteiger partial charge in [0.1, 0.15) is 6.21 Å². The van der Waals surface area contributed by atoms with E-state index in [-0.39, 0.29) is 25.0 Å². The van der Waals surface area contributed by atoms with E-state index in [9.17, 15) is 20.3 Å². The number of nitrogens with one attached hydrogen (secondary N) is 1. The van der Waals surface area contributed by atoms with E-state index < -0.39 is 11.0 Å². The summed E-state index contributed by atoms with van der Waals surface area (Å²) in [6, 6.07) is 18.2. The van der Waals surface area contributed by atoms with Gasteiger partial charge in [-0.25, -0.2) is 0 Å². The molecular weight excluding hydrogens is 358 g/mol. The van der Waals surface area contributed by atoms with Crippen LogP contribution in [0.5, 0.6) is 0 Å². The maximum absolute atomic E-state index is 11.3. The average Bonchev–Trinajstić information content (AvgIpc) is 2.73. The van der Waals surface area contributed by atoms with Crippen molar-refractivity contribution in [1.29, 1.82) is 0 Å². The smallest absolute Gasteiger partial charge is 0.302 e. The van der Waals surface area contributed by atoms with Crippen LogP contribution in [0, 0.1) is 10.1 Å². The first-order valence-electron chi connectivity index (χ1n) is 9.05. The monoisotopic (exact) mass is 383 g/mol. The number of hydrogen-bond donors (Lipinski definition) is 3. The van der Waals surface area contributed by atoms with Crippen LogP contribution < -0.4 is 5.32 Å². The van der Waals surface area contributed by atoms with E-state index in [0.717, 1.165) is 17.3 Å². The summed E-state index contributed by atoms with van der Waals surface area (Å²) in [5.41, 5.74) is 1.77. The Balaban J connectivity index is 2.01. The van der Waals surface area contributed by atoms with Crippen LogP contribution in [-0.2, 0) is 12.8 Å². The molecule has 2 rings (SSSR count). The van der Waals surface area contributed by atoms with Gasteiger partial charge < -0.3 is 15.5 Å². The predicted octanol–water partition coefficient (Wildman–Crippen LogP) is 1.97. The summed E-state index contributed by atoms with van der Waals surface area (Å²) in [5, 5.41) is 33.2. The second-order valence-electron chi connectivity index (χ2n) is 6.37. The molecule has 0 saturated heterocycles. The number of rotatable bonds is 11. The van der Waals surface area contributed by atoms with Gasteiger partial charge in [-0.1, -0.05) is 60.7 Å². The van der Waals surface area contributed by atoms with Crippen LogP contribution in [0.25, 0.3) is 0 Å². The molecule has 2 atom stereocenters. The summed E-state index contributed by atoms with van der Waals surface area (Å²) >= 11 is 0. The number of aliphatic hydroxyl groups is 2. The highest BCUT2D eigenvalue weighted by Gasteiger charge is 2.13. The summed E-state index contributed by atoms with van der Waals surface area (Å²) in [7, 11) is 0. The first kappa shape index (κ1) is 21.3. The summed E-state index contributed by atoms with van der Waals surface area (Å²) in [5.74, 6) is 0. The van der Waals surface area contributed by atoms with Gasteiger partial charge in [0.05, 0.1) is 36.4 Å². The highest BCUT2D eigenvalue weighted by atomic mass is 16.6. The summed E-state index contributed by atoms with van der Waals surface area (Å²) in [6.07, 6.45) is 3.40. The standard InChI is InChI=1S/C21H25N3O4/c25-15-19(11-17-7-3-1-4-8-17)22-13-21(24(27)28)14-23-20(16-26)12-18-9-5-2-6-10-18/h1-10,13-14,19-20,22,25-26H,11-12,15-16H2/b21-13+,23-14?/t19-,20-/m1/s1. The van der Waals surface area contributed by atoms with Crippen molar-refractivity contribution in [3.8, 4) is 0 Å². The van der Waals surface area contributed by atoms with Gasteiger partial charge in [0, 0.05) is 0 Å². The molecule has 0 unspecified atom stereocenters. The lowest BCUT2D eigenvalue weighted by Gasteiger charge is -2.14. The van der Waals surface area contributed by atoms with Crippen LogP contribution in [0.2, 0.25) is 0 Å². The van der Waals surface area contributed by atoms with Crippen molar-refractivity contribution in [3.63, 3.8) is 0 Å². The zero-order chi connectivity index (χ0) is 20.2. The lowest BCUT2D eigenvalue weighted by Crippen LogP contribution is -2.31. The minimum absolute atomic E-state index is 0.166. The minimum Gasteiger partial charge on any atom is -0.394 e. The number of nitrogens with zero attached hydrogens (tertiary/aromatic N) is 2. The molecule has 0 radical (unpaired) electrons. The van der Waals surface area contributed by atoms with Gasteiger partial charge in [0.25, 0.3) is 0 Å². The second-order valence-corrected chi connectivity index (χ2v) is 6.37. The molecule has 0 aromatic heterocycles. The molecule has 2 aromatic rings. The first-order chi connectivity index (χ1) is 13.6. The fourth-order valence-corrected chi connectivity index (χ4v) is 2.65. The molecule has 2 aromatic carbocycles. The van der Waals surface area contributed by atoms with E-state index in [4.69, 9.17) is 0 Å². The number of allylic oxidation sites excluding steroid dienone is 1. The summed E-state index contributed by atoms with van der Waals surface area (Å²) < 4.78 is 0. The minimum atomic E-state index is -0.551. The molecular formula is C21H25N3O4. The number of nitro groups is 1. The van der Waals surface area contributed by atoms with Crippen LogP contribution in [0.3, 0.4) is 0 Å². The van der Waals surface area contributed by atoms with Crippen molar-refractivity contribution in [2.75, 3.05) is 13.2 Å². The molecule has 0 aliphatic carbocycles. The number of aliphatic imine (C=N–C) groups is 1. The quantitative estimate of drug-likeness (QED) is 0.312. The topological polar surface area (TPSA) is 108 Å². The lowest BCUT2D eigenvalue weighted by molar-refractivity contribution is -0.414. The van der Waals surface area contributed by atoms with Crippen molar-refractivity contribution in [2.45, 2.75) is 24.9 Å². The fraction of sp³-hybridized carbons (Fsp3) is 0.286. The Kier molecular flexibility index (Phi) is 8.84. The predicted molar refractivity (Wildman–Crippen MR) is 109 cm³/mol. The van der Waals surface area contributed by atoms with Gasteiger partial charge in [-0.15, -0.1) is 0 Å². The van der Waals surface area contributed by atoms with Gasteiger partial charge in [0.15, 0.2) is 0 Å². The maximum Gasteiger partial charge on any atom is 0.302 e. The molecule has 0 aliphatic heterocycles. The van der Waals surface area contributed by atoms with Crippen LogP contribution in [0.4, 0.5) is 0 Å². The molecule has 28 heavy (non-hydrogen) atoms. The van der Waals surface area contributed by atoms with Gasteiger partial charge in [-0.2, -0.15) is 0 Å².